The Balaban J connectivity index is 1.06. The molecule has 2 atom stereocenters. The van der Waals surface area contributed by atoms with Crippen LogP contribution in [-0.2, 0) is 15.7 Å². The van der Waals surface area contributed by atoms with Crippen LogP contribution in [0.25, 0.3) is 0 Å². The second-order valence-electron chi connectivity index (χ2n) is 11.1. The summed E-state index contributed by atoms with van der Waals surface area (Å²) < 4.78 is 11.1. The number of aliphatic hydroxyl groups excluding tert-OH is 1. The van der Waals surface area contributed by atoms with Crippen molar-refractivity contribution in [1.29, 1.82) is 0 Å². The van der Waals surface area contributed by atoms with Gasteiger partial charge in [0.15, 0.2) is 5.54 Å². The van der Waals surface area contributed by atoms with Crippen LogP contribution < -0.4 is 10.1 Å². The first kappa shape index (κ1) is 21.7. The minimum atomic E-state index is -1.27. The van der Waals surface area contributed by atoms with Gasteiger partial charge in [-0.25, -0.2) is 4.79 Å². The lowest BCUT2D eigenvalue weighted by atomic mass is 9.48. The molecule has 4 saturated carbocycles. The number of nitrogens with zero attached hydrogens (tertiary/aromatic N) is 1. The van der Waals surface area contributed by atoms with Gasteiger partial charge in [0, 0.05) is 0 Å². The highest BCUT2D eigenvalue weighted by Gasteiger charge is 2.52. The zero-order valence-corrected chi connectivity index (χ0v) is 19.5. The lowest BCUT2D eigenvalue weighted by Crippen LogP contribution is -2.48. The van der Waals surface area contributed by atoms with E-state index in [0.717, 1.165) is 22.7 Å². The van der Waals surface area contributed by atoms with Gasteiger partial charge in [0.25, 0.3) is 5.91 Å². The summed E-state index contributed by atoms with van der Waals surface area (Å²) >= 11 is 0. The van der Waals surface area contributed by atoms with Crippen LogP contribution in [0.15, 0.2) is 47.1 Å². The molecule has 0 radical (unpaired) electrons. The van der Waals surface area contributed by atoms with E-state index in [2.05, 4.69) is 17.4 Å². The predicted molar refractivity (Wildman–Crippen MR) is 124 cm³/mol. The Bertz CT molecular complexity index is 1040. The minimum absolute atomic E-state index is 0.00869. The molecule has 5 aliphatic rings. The number of β-amino-alcohol motifs (C(OH)–C–C–N with tert-alkyl or cyclic N) is 1. The van der Waals surface area contributed by atoms with Gasteiger partial charge in [0.2, 0.25) is 0 Å². The molecule has 180 valence electrons. The summed E-state index contributed by atoms with van der Waals surface area (Å²) in [7, 11) is 0. The predicted octanol–water partition coefficient (Wildman–Crippen LogP) is 3.95. The van der Waals surface area contributed by atoms with E-state index in [1.165, 1.54) is 50.4 Å². The SMILES string of the molecule is C[C@@]1(c2ccco2)NC(=O)N(C[C@@H](O)COc2ccc(C34CC5CC(CC(C5)C3)C4)cc2)C1=O. The van der Waals surface area contributed by atoms with Gasteiger partial charge in [-0.3, -0.25) is 9.69 Å². The van der Waals surface area contributed by atoms with Gasteiger partial charge in [0.1, 0.15) is 24.2 Å². The van der Waals surface area contributed by atoms with Gasteiger partial charge in [-0.2, -0.15) is 0 Å². The lowest BCUT2D eigenvalue weighted by molar-refractivity contribution is -0.132. The fraction of sp³-hybridized carbons (Fsp3) is 0.556. The smallest absolute Gasteiger partial charge is 0.325 e. The van der Waals surface area contributed by atoms with E-state index < -0.39 is 23.6 Å². The molecule has 1 aromatic carbocycles. The highest BCUT2D eigenvalue weighted by Crippen LogP contribution is 2.60. The normalized spacial score (nSPS) is 35.0. The van der Waals surface area contributed by atoms with Crippen LogP contribution in [0.2, 0.25) is 0 Å². The summed E-state index contributed by atoms with van der Waals surface area (Å²) in [6, 6.07) is 11.1. The number of imide groups is 1. The summed E-state index contributed by atoms with van der Waals surface area (Å²) in [6.45, 7) is 1.44. The number of carbonyl (C=O) groups excluding carboxylic acids is 2. The highest BCUT2D eigenvalue weighted by molar-refractivity contribution is 6.06. The maximum Gasteiger partial charge on any atom is 0.325 e. The van der Waals surface area contributed by atoms with Gasteiger partial charge in [-0.1, -0.05) is 12.1 Å². The fourth-order valence-electron chi connectivity index (χ4n) is 7.42. The number of carbonyl (C=O) groups is 2. The van der Waals surface area contributed by atoms with Crippen molar-refractivity contribution < 1.29 is 23.8 Å². The van der Waals surface area contributed by atoms with Crippen molar-refractivity contribution in [2.75, 3.05) is 13.2 Å². The molecule has 2 heterocycles. The van der Waals surface area contributed by atoms with E-state index in [1.54, 1.807) is 19.1 Å². The van der Waals surface area contributed by atoms with Crippen molar-refractivity contribution in [1.82, 2.24) is 10.2 Å². The molecule has 7 rings (SSSR count). The second-order valence-corrected chi connectivity index (χ2v) is 11.1. The van der Waals surface area contributed by atoms with Gasteiger partial charge in [-0.05, 0) is 98.4 Å². The van der Waals surface area contributed by atoms with Gasteiger partial charge < -0.3 is 19.6 Å². The molecule has 2 aromatic rings. The zero-order chi connectivity index (χ0) is 23.5. The summed E-state index contributed by atoms with van der Waals surface area (Å²) in [5, 5.41) is 13.2. The quantitative estimate of drug-likeness (QED) is 0.606. The number of hydrogen-bond donors (Lipinski definition) is 2. The number of urea groups is 1. The molecular formula is C27H32N2O5. The number of ether oxygens (including phenoxy) is 1. The van der Waals surface area contributed by atoms with Crippen LogP contribution in [0.3, 0.4) is 0 Å². The van der Waals surface area contributed by atoms with E-state index in [1.807, 2.05) is 12.1 Å². The molecule has 0 unspecified atom stereocenters. The van der Waals surface area contributed by atoms with Crippen LogP contribution in [0.4, 0.5) is 4.79 Å². The average molecular weight is 465 g/mol. The van der Waals surface area contributed by atoms with Crippen molar-refractivity contribution in [3.63, 3.8) is 0 Å². The van der Waals surface area contributed by atoms with E-state index in [-0.39, 0.29) is 13.2 Å². The van der Waals surface area contributed by atoms with Crippen LogP contribution in [0, 0.1) is 17.8 Å². The van der Waals surface area contributed by atoms with Crippen molar-refractivity contribution in [2.24, 2.45) is 17.8 Å². The Hall–Kier alpha value is -2.80. The second kappa shape index (κ2) is 7.87. The number of nitrogens with one attached hydrogen (secondary N) is 1. The number of amides is 3. The molecule has 7 nitrogen and oxygen atoms in total. The topological polar surface area (TPSA) is 92.0 Å². The Morgan fingerprint density at radius 1 is 1.09 bits per heavy atom. The molecule has 4 aliphatic carbocycles. The molecule has 1 aliphatic heterocycles. The zero-order valence-electron chi connectivity index (χ0n) is 19.5. The van der Waals surface area contributed by atoms with Crippen LogP contribution in [0.1, 0.15) is 56.8 Å². The number of benzene rings is 1. The van der Waals surface area contributed by atoms with Crippen molar-refractivity contribution >= 4 is 11.9 Å². The fourth-order valence-corrected chi connectivity index (χ4v) is 7.42. The Labute approximate surface area is 199 Å². The molecule has 5 fully saturated rings. The molecule has 0 spiro atoms. The Kier molecular flexibility index (Phi) is 5.03. The summed E-state index contributed by atoms with van der Waals surface area (Å²) in [5.41, 5.74) is 0.501. The standard InChI is InChI=1S/C27H32N2O5/c1-26(23-3-2-8-33-23)24(31)29(25(32)28-26)15-21(30)16-34-22-6-4-20(5-7-22)27-12-17-9-18(13-27)11-19(10-17)14-27/h2-8,17-19,21,30H,9-16H2,1H3,(H,28,32)/t17?,18?,19?,21-,26+,27?/m1/s1. The Morgan fingerprint density at radius 3 is 2.32 bits per heavy atom. The third-order valence-corrected chi connectivity index (χ3v) is 8.63. The molecule has 3 amide bonds. The lowest BCUT2D eigenvalue weighted by Gasteiger charge is -2.57. The first-order chi connectivity index (χ1) is 16.3. The van der Waals surface area contributed by atoms with E-state index in [9.17, 15) is 14.7 Å². The van der Waals surface area contributed by atoms with Gasteiger partial charge >= 0.3 is 6.03 Å². The first-order valence-electron chi connectivity index (χ1n) is 12.4. The molecule has 4 bridgehead atoms. The summed E-state index contributed by atoms with van der Waals surface area (Å²) in [5.74, 6) is 3.29. The maximum absolute atomic E-state index is 12.9. The van der Waals surface area contributed by atoms with Crippen molar-refractivity contribution in [3.05, 3.63) is 54.0 Å². The molecule has 1 aromatic heterocycles. The van der Waals surface area contributed by atoms with Crippen LogP contribution in [-0.4, -0.2) is 41.2 Å². The highest BCUT2D eigenvalue weighted by atomic mass is 16.5. The molecular weight excluding hydrogens is 432 g/mol. The molecule has 1 saturated heterocycles. The average Bonchev–Trinajstić information content (AvgIpc) is 3.42. The molecule has 2 N–H and O–H groups in total. The minimum Gasteiger partial charge on any atom is -0.491 e. The van der Waals surface area contributed by atoms with E-state index in [4.69, 9.17) is 9.15 Å². The molecule has 7 heteroatoms. The monoisotopic (exact) mass is 464 g/mol. The van der Waals surface area contributed by atoms with Crippen molar-refractivity contribution in [3.8, 4) is 5.75 Å². The van der Waals surface area contributed by atoms with Crippen molar-refractivity contribution in [2.45, 2.75) is 62.5 Å². The third kappa shape index (κ3) is 3.52. The molecule has 34 heavy (non-hydrogen) atoms. The largest absolute Gasteiger partial charge is 0.491 e. The Morgan fingerprint density at radius 2 is 1.74 bits per heavy atom. The number of hydrogen-bond acceptors (Lipinski definition) is 5. The van der Waals surface area contributed by atoms with Gasteiger partial charge in [0.05, 0.1) is 12.8 Å². The number of rotatable bonds is 7. The van der Waals surface area contributed by atoms with Crippen LogP contribution in [0.5, 0.6) is 5.75 Å². The summed E-state index contributed by atoms with van der Waals surface area (Å²) in [4.78, 5) is 26.3. The summed E-state index contributed by atoms with van der Waals surface area (Å²) in [6.07, 6.45) is 8.70. The van der Waals surface area contributed by atoms with E-state index >= 15 is 0 Å². The third-order valence-electron chi connectivity index (χ3n) is 8.63. The van der Waals surface area contributed by atoms with E-state index in [0.29, 0.717) is 16.9 Å². The van der Waals surface area contributed by atoms with Gasteiger partial charge in [-0.15, -0.1) is 0 Å². The number of aliphatic hydroxyl groups is 1. The number of furan rings is 1. The first-order valence-corrected chi connectivity index (χ1v) is 12.4. The maximum atomic E-state index is 12.9. The van der Waals surface area contributed by atoms with Crippen LogP contribution >= 0.6 is 0 Å².